The molecule has 1 N–H and O–H groups in total. The number of furan rings is 1. The number of benzene rings is 1. The first-order chi connectivity index (χ1) is 13.7. The second-order valence-corrected chi connectivity index (χ2v) is 8.85. The van der Waals surface area contributed by atoms with Crippen molar-refractivity contribution >= 4 is 27.8 Å². The molecule has 1 saturated heterocycles. The number of hydrogen-bond acceptors (Lipinski definition) is 5. The molecule has 6 heteroatoms. The van der Waals surface area contributed by atoms with Crippen molar-refractivity contribution < 1.29 is 18.4 Å². The number of carbonyl (C=O) groups is 1. The van der Waals surface area contributed by atoms with Gasteiger partial charge in [0, 0.05) is 35.6 Å². The lowest BCUT2D eigenvalue weighted by Crippen LogP contribution is -2.34. The molecule has 0 saturated carbocycles. The second-order valence-electron chi connectivity index (χ2n) is 8.85. The molecule has 1 aliphatic rings. The van der Waals surface area contributed by atoms with Crippen LogP contribution in [0.4, 0.5) is 0 Å². The van der Waals surface area contributed by atoms with Gasteiger partial charge in [0.15, 0.2) is 0 Å². The molecule has 1 amide bonds. The summed E-state index contributed by atoms with van der Waals surface area (Å²) in [6.07, 6.45) is 3.79. The van der Waals surface area contributed by atoms with Gasteiger partial charge in [0.25, 0.3) is 0 Å². The zero-order valence-electron chi connectivity index (χ0n) is 17.4. The fourth-order valence-corrected chi connectivity index (χ4v) is 3.95. The number of carbonyl (C=O) groups excluding carboxylic acids is 1. The van der Waals surface area contributed by atoms with Crippen LogP contribution in [0.3, 0.4) is 0 Å². The van der Waals surface area contributed by atoms with Crippen LogP contribution in [-0.2, 0) is 21.4 Å². The molecule has 1 aromatic carbocycles. The highest BCUT2D eigenvalue weighted by molar-refractivity contribution is 5.97. The van der Waals surface area contributed by atoms with Gasteiger partial charge in [0.2, 0.25) is 5.91 Å². The Balaban J connectivity index is 1.68. The van der Waals surface area contributed by atoms with Crippen LogP contribution in [-0.4, -0.2) is 25.2 Å². The molecule has 2 aromatic heterocycles. The van der Waals surface area contributed by atoms with E-state index >= 15 is 0 Å². The number of ether oxygens (including phenoxy) is 1. The molecular formula is C23H27NO5. The third-order valence-electron chi connectivity index (χ3n) is 5.68. The van der Waals surface area contributed by atoms with Gasteiger partial charge in [0.1, 0.15) is 11.2 Å². The van der Waals surface area contributed by atoms with E-state index in [1.807, 2.05) is 13.0 Å². The average molecular weight is 397 g/mol. The van der Waals surface area contributed by atoms with Crippen LogP contribution in [0.5, 0.6) is 0 Å². The first-order valence-electron chi connectivity index (χ1n) is 10.1. The van der Waals surface area contributed by atoms with Crippen molar-refractivity contribution in [1.29, 1.82) is 0 Å². The van der Waals surface area contributed by atoms with Crippen molar-refractivity contribution in [3.05, 3.63) is 45.5 Å². The fraction of sp³-hybridized carbons (Fsp3) is 0.478. The molecule has 1 atom stereocenters. The first-order valence-corrected chi connectivity index (χ1v) is 10.1. The van der Waals surface area contributed by atoms with Gasteiger partial charge in [-0.25, -0.2) is 4.79 Å². The maximum atomic E-state index is 12.5. The molecule has 1 fully saturated rings. The Morgan fingerprint density at radius 3 is 2.69 bits per heavy atom. The van der Waals surface area contributed by atoms with E-state index < -0.39 is 5.63 Å². The molecule has 154 valence electrons. The molecule has 29 heavy (non-hydrogen) atoms. The van der Waals surface area contributed by atoms with E-state index in [-0.39, 0.29) is 23.8 Å². The number of rotatable bonds is 4. The van der Waals surface area contributed by atoms with Crippen molar-refractivity contribution in [3.8, 4) is 0 Å². The van der Waals surface area contributed by atoms with Crippen LogP contribution >= 0.6 is 0 Å². The summed E-state index contributed by atoms with van der Waals surface area (Å²) in [4.78, 5) is 25.0. The molecule has 3 aromatic rings. The number of nitrogens with one attached hydrogen (secondary N) is 1. The van der Waals surface area contributed by atoms with E-state index in [1.165, 1.54) is 0 Å². The van der Waals surface area contributed by atoms with Crippen LogP contribution in [0.15, 0.2) is 32.0 Å². The van der Waals surface area contributed by atoms with E-state index in [1.54, 1.807) is 12.3 Å². The van der Waals surface area contributed by atoms with E-state index in [0.717, 1.165) is 41.3 Å². The molecule has 3 heterocycles. The normalized spacial score (nSPS) is 17.3. The quantitative estimate of drug-likeness (QED) is 0.674. The summed E-state index contributed by atoms with van der Waals surface area (Å²) in [5, 5.41) is 4.69. The van der Waals surface area contributed by atoms with Crippen LogP contribution in [0.2, 0.25) is 0 Å². The van der Waals surface area contributed by atoms with Crippen LogP contribution in [0, 0.1) is 6.92 Å². The van der Waals surface area contributed by atoms with E-state index in [4.69, 9.17) is 13.6 Å². The lowest BCUT2D eigenvalue weighted by atomic mass is 9.86. The highest BCUT2D eigenvalue weighted by Gasteiger charge is 2.22. The topological polar surface area (TPSA) is 81.7 Å². The molecule has 0 radical (unpaired) electrons. The number of fused-ring (bicyclic) bond motifs is 2. The van der Waals surface area contributed by atoms with Crippen LogP contribution < -0.4 is 10.9 Å². The minimum absolute atomic E-state index is 0.00756. The first kappa shape index (κ1) is 19.7. The van der Waals surface area contributed by atoms with Gasteiger partial charge in [-0.1, -0.05) is 20.8 Å². The monoisotopic (exact) mass is 397 g/mol. The SMILES string of the molecule is Cc1c(CC(=O)NC[C@H]2CCCO2)c(=O)oc2cc3occ(C(C)(C)C)c3cc12. The smallest absolute Gasteiger partial charge is 0.340 e. The van der Waals surface area contributed by atoms with Gasteiger partial charge < -0.3 is 18.9 Å². The zero-order valence-corrected chi connectivity index (χ0v) is 17.4. The fourth-order valence-electron chi connectivity index (χ4n) is 3.95. The van der Waals surface area contributed by atoms with E-state index in [2.05, 4.69) is 26.1 Å². The van der Waals surface area contributed by atoms with Gasteiger partial charge in [-0.3, -0.25) is 4.79 Å². The summed E-state index contributed by atoms with van der Waals surface area (Å²) in [5.74, 6) is -0.199. The van der Waals surface area contributed by atoms with Gasteiger partial charge in [-0.15, -0.1) is 0 Å². The summed E-state index contributed by atoms with van der Waals surface area (Å²) >= 11 is 0. The van der Waals surface area contributed by atoms with Crippen LogP contribution in [0.25, 0.3) is 21.9 Å². The lowest BCUT2D eigenvalue weighted by molar-refractivity contribution is -0.121. The average Bonchev–Trinajstić information content (AvgIpc) is 3.31. The Kier molecular flexibility index (Phi) is 4.99. The maximum Gasteiger partial charge on any atom is 0.340 e. The van der Waals surface area contributed by atoms with Crippen molar-refractivity contribution in [3.63, 3.8) is 0 Å². The third kappa shape index (κ3) is 3.81. The lowest BCUT2D eigenvalue weighted by Gasteiger charge is -2.16. The summed E-state index contributed by atoms with van der Waals surface area (Å²) in [5.41, 5.74) is 2.85. The van der Waals surface area contributed by atoms with Gasteiger partial charge in [0.05, 0.1) is 24.4 Å². The van der Waals surface area contributed by atoms with Crippen molar-refractivity contribution in [2.45, 2.75) is 58.5 Å². The molecular weight excluding hydrogens is 370 g/mol. The molecule has 0 aliphatic carbocycles. The molecule has 4 rings (SSSR count). The minimum Gasteiger partial charge on any atom is -0.464 e. The van der Waals surface area contributed by atoms with Gasteiger partial charge >= 0.3 is 5.63 Å². The predicted octanol–water partition coefficient (Wildman–Crippen LogP) is 3.98. The van der Waals surface area contributed by atoms with Crippen molar-refractivity contribution in [2.24, 2.45) is 0 Å². The van der Waals surface area contributed by atoms with Gasteiger partial charge in [-0.2, -0.15) is 0 Å². The molecule has 0 bridgehead atoms. The van der Waals surface area contributed by atoms with Crippen molar-refractivity contribution in [2.75, 3.05) is 13.2 Å². The zero-order chi connectivity index (χ0) is 20.8. The summed E-state index contributed by atoms with van der Waals surface area (Å²) in [7, 11) is 0. The summed E-state index contributed by atoms with van der Waals surface area (Å²) < 4.78 is 16.8. The van der Waals surface area contributed by atoms with Gasteiger partial charge in [-0.05, 0) is 36.8 Å². The Morgan fingerprint density at radius 1 is 1.21 bits per heavy atom. The largest absolute Gasteiger partial charge is 0.464 e. The predicted molar refractivity (Wildman–Crippen MR) is 111 cm³/mol. The Bertz CT molecular complexity index is 1130. The molecule has 6 nitrogen and oxygen atoms in total. The Morgan fingerprint density at radius 2 is 2.00 bits per heavy atom. The number of amides is 1. The maximum absolute atomic E-state index is 12.5. The Hall–Kier alpha value is -2.60. The highest BCUT2D eigenvalue weighted by Crippen LogP contribution is 2.35. The second kappa shape index (κ2) is 7.34. The minimum atomic E-state index is -0.482. The molecule has 0 unspecified atom stereocenters. The number of aryl methyl sites for hydroxylation is 1. The van der Waals surface area contributed by atoms with Crippen molar-refractivity contribution in [1.82, 2.24) is 5.32 Å². The third-order valence-corrected chi connectivity index (χ3v) is 5.68. The number of hydrogen-bond donors (Lipinski definition) is 1. The summed E-state index contributed by atoms with van der Waals surface area (Å²) in [6, 6.07) is 3.76. The standard InChI is InChI=1S/C23H27NO5/c1-13-15-8-17-18(23(2,3)4)12-28-19(17)10-20(15)29-22(26)16(13)9-21(25)24-11-14-6-5-7-27-14/h8,10,12,14H,5-7,9,11H2,1-4H3,(H,24,25)/t14-/m1/s1. The highest BCUT2D eigenvalue weighted by atomic mass is 16.5. The summed E-state index contributed by atoms with van der Waals surface area (Å²) in [6.45, 7) is 9.47. The molecule has 0 spiro atoms. The van der Waals surface area contributed by atoms with Crippen LogP contribution in [0.1, 0.15) is 50.3 Å². The van der Waals surface area contributed by atoms with E-state index in [9.17, 15) is 9.59 Å². The Labute approximate surface area is 169 Å². The molecule has 1 aliphatic heterocycles. The van der Waals surface area contributed by atoms with E-state index in [0.29, 0.717) is 23.3 Å².